The second kappa shape index (κ2) is 8.28. The van der Waals surface area contributed by atoms with Gasteiger partial charge in [0.1, 0.15) is 10.6 Å². The lowest BCUT2D eigenvalue weighted by atomic mass is 10.1. The van der Waals surface area contributed by atoms with Gasteiger partial charge in [0.15, 0.2) is 5.75 Å². The lowest BCUT2D eigenvalue weighted by Gasteiger charge is -2.24. The zero-order chi connectivity index (χ0) is 21.3. The highest BCUT2D eigenvalue weighted by molar-refractivity contribution is 7.89. The maximum absolute atomic E-state index is 13.4. The van der Waals surface area contributed by atoms with Crippen molar-refractivity contribution in [2.45, 2.75) is 50.5 Å². The SMILES string of the molecule is CCN(CC)S(=O)(=O)c1cc2c(cc1NC1CCCC1)Oc1ccccc1NC2=O. The molecule has 0 atom stereocenters. The number of carbonyl (C=O) groups excluding carboxylic acids is 1. The molecule has 0 saturated heterocycles. The number of benzene rings is 2. The van der Waals surface area contributed by atoms with Gasteiger partial charge in [0.25, 0.3) is 5.91 Å². The summed E-state index contributed by atoms with van der Waals surface area (Å²) in [5, 5.41) is 6.22. The molecule has 2 aliphatic rings. The molecular weight excluding hydrogens is 402 g/mol. The summed E-state index contributed by atoms with van der Waals surface area (Å²) in [6, 6.07) is 10.5. The van der Waals surface area contributed by atoms with Crippen molar-refractivity contribution in [2.24, 2.45) is 0 Å². The van der Waals surface area contributed by atoms with Crippen molar-refractivity contribution < 1.29 is 17.9 Å². The number of anilines is 2. The predicted octanol–water partition coefficient (Wildman–Crippen LogP) is 4.43. The van der Waals surface area contributed by atoms with Crippen LogP contribution < -0.4 is 15.4 Å². The smallest absolute Gasteiger partial charge is 0.259 e. The van der Waals surface area contributed by atoms with E-state index < -0.39 is 15.9 Å². The minimum Gasteiger partial charge on any atom is -0.454 e. The van der Waals surface area contributed by atoms with Crippen LogP contribution in [0.4, 0.5) is 11.4 Å². The molecule has 7 nitrogen and oxygen atoms in total. The number of rotatable bonds is 6. The summed E-state index contributed by atoms with van der Waals surface area (Å²) in [7, 11) is -3.77. The summed E-state index contributed by atoms with van der Waals surface area (Å²) < 4.78 is 34.2. The molecule has 160 valence electrons. The highest BCUT2D eigenvalue weighted by atomic mass is 32.2. The van der Waals surface area contributed by atoms with Crippen LogP contribution in [0, 0.1) is 0 Å². The van der Waals surface area contributed by atoms with Gasteiger partial charge in [0.05, 0.1) is 16.9 Å². The number of hydrogen-bond acceptors (Lipinski definition) is 5. The summed E-state index contributed by atoms with van der Waals surface area (Å²) in [6.07, 6.45) is 4.22. The van der Waals surface area contributed by atoms with Crippen LogP contribution in [0.3, 0.4) is 0 Å². The third-order valence-corrected chi connectivity index (χ3v) is 7.81. The lowest BCUT2D eigenvalue weighted by Crippen LogP contribution is -2.32. The standard InChI is InChI=1S/C22H27N3O4S/c1-3-25(4-2)30(27,28)21-13-16-20(14-18(21)23-15-9-5-6-10-15)29-19-12-8-7-11-17(19)24-22(16)26/h7-8,11-15,23H,3-6,9-10H2,1-2H3,(H,24,26). The molecule has 1 aliphatic carbocycles. The van der Waals surface area contributed by atoms with Gasteiger partial charge in [-0.1, -0.05) is 38.8 Å². The van der Waals surface area contributed by atoms with Gasteiger partial charge in [0, 0.05) is 25.2 Å². The van der Waals surface area contributed by atoms with Crippen LogP contribution in [-0.4, -0.2) is 37.8 Å². The van der Waals surface area contributed by atoms with E-state index in [0.717, 1.165) is 25.7 Å². The van der Waals surface area contributed by atoms with E-state index in [1.807, 2.05) is 12.1 Å². The zero-order valence-electron chi connectivity index (χ0n) is 17.3. The highest BCUT2D eigenvalue weighted by Crippen LogP contribution is 2.40. The van der Waals surface area contributed by atoms with Crippen LogP contribution in [0.25, 0.3) is 0 Å². The minimum absolute atomic E-state index is 0.113. The van der Waals surface area contributed by atoms with Gasteiger partial charge in [-0.3, -0.25) is 4.79 Å². The van der Waals surface area contributed by atoms with Crippen molar-refractivity contribution in [3.8, 4) is 11.5 Å². The Morgan fingerprint density at radius 1 is 1.10 bits per heavy atom. The van der Waals surface area contributed by atoms with Crippen LogP contribution in [0.15, 0.2) is 41.3 Å². The Balaban J connectivity index is 1.85. The van der Waals surface area contributed by atoms with Crippen molar-refractivity contribution in [3.63, 3.8) is 0 Å². The first-order chi connectivity index (χ1) is 14.4. The first-order valence-electron chi connectivity index (χ1n) is 10.5. The summed E-state index contributed by atoms with van der Waals surface area (Å²) in [6.45, 7) is 4.32. The fourth-order valence-corrected chi connectivity index (χ4v) is 5.73. The normalized spacial score (nSPS) is 16.4. The molecule has 1 fully saturated rings. The molecule has 2 aromatic carbocycles. The molecule has 1 aliphatic heterocycles. The van der Waals surface area contributed by atoms with Crippen molar-refractivity contribution >= 4 is 27.3 Å². The minimum atomic E-state index is -3.77. The maximum Gasteiger partial charge on any atom is 0.259 e. The first kappa shape index (κ1) is 20.7. The fraction of sp³-hybridized carbons (Fsp3) is 0.409. The summed E-state index contributed by atoms with van der Waals surface area (Å²) in [5.74, 6) is 0.477. The van der Waals surface area contributed by atoms with Crippen molar-refractivity contribution in [2.75, 3.05) is 23.7 Å². The van der Waals surface area contributed by atoms with Gasteiger partial charge in [0.2, 0.25) is 10.0 Å². The fourth-order valence-electron chi connectivity index (χ4n) is 4.11. The average molecular weight is 430 g/mol. The molecule has 1 heterocycles. The number of amides is 1. The lowest BCUT2D eigenvalue weighted by molar-refractivity contribution is 0.102. The molecular formula is C22H27N3O4S. The van der Waals surface area contributed by atoms with Crippen LogP contribution in [-0.2, 0) is 10.0 Å². The van der Waals surface area contributed by atoms with Crippen molar-refractivity contribution in [3.05, 3.63) is 42.0 Å². The van der Waals surface area contributed by atoms with E-state index in [0.29, 0.717) is 36.0 Å². The van der Waals surface area contributed by atoms with Crippen LogP contribution in [0.2, 0.25) is 0 Å². The van der Waals surface area contributed by atoms with E-state index in [2.05, 4.69) is 10.6 Å². The predicted molar refractivity (Wildman–Crippen MR) is 117 cm³/mol. The largest absolute Gasteiger partial charge is 0.454 e. The van der Waals surface area contributed by atoms with Crippen LogP contribution in [0.5, 0.6) is 11.5 Å². The van der Waals surface area contributed by atoms with Crippen molar-refractivity contribution in [1.29, 1.82) is 0 Å². The highest BCUT2D eigenvalue weighted by Gasteiger charge is 2.31. The van der Waals surface area contributed by atoms with Gasteiger partial charge in [-0.15, -0.1) is 0 Å². The average Bonchev–Trinajstić information content (AvgIpc) is 3.18. The number of fused-ring (bicyclic) bond motifs is 2. The Bertz CT molecular complexity index is 1060. The first-order valence-corrected chi connectivity index (χ1v) is 11.9. The Morgan fingerprint density at radius 3 is 2.50 bits per heavy atom. The molecule has 0 spiro atoms. The second-order valence-electron chi connectivity index (χ2n) is 7.61. The van der Waals surface area contributed by atoms with Crippen molar-refractivity contribution in [1.82, 2.24) is 4.31 Å². The third-order valence-electron chi connectivity index (χ3n) is 5.72. The van der Waals surface area contributed by atoms with Gasteiger partial charge in [-0.05, 0) is 31.0 Å². The van der Waals surface area contributed by atoms with E-state index in [4.69, 9.17) is 4.74 Å². The topological polar surface area (TPSA) is 87.7 Å². The molecule has 4 rings (SSSR count). The molecule has 30 heavy (non-hydrogen) atoms. The van der Waals surface area contributed by atoms with E-state index in [1.165, 1.54) is 10.4 Å². The molecule has 1 amide bonds. The monoisotopic (exact) mass is 429 g/mol. The Kier molecular flexibility index (Phi) is 5.71. The van der Waals surface area contributed by atoms with Gasteiger partial charge in [-0.25, -0.2) is 8.42 Å². The van der Waals surface area contributed by atoms with Gasteiger partial charge in [-0.2, -0.15) is 4.31 Å². The van der Waals surface area contributed by atoms with Gasteiger partial charge < -0.3 is 15.4 Å². The number of para-hydroxylation sites is 2. The molecule has 2 N–H and O–H groups in total. The summed E-state index contributed by atoms with van der Waals surface area (Å²) >= 11 is 0. The maximum atomic E-state index is 13.4. The molecule has 0 unspecified atom stereocenters. The molecule has 8 heteroatoms. The summed E-state index contributed by atoms with van der Waals surface area (Å²) in [4.78, 5) is 13.0. The molecule has 0 bridgehead atoms. The molecule has 1 saturated carbocycles. The van der Waals surface area contributed by atoms with E-state index in [9.17, 15) is 13.2 Å². The quantitative estimate of drug-likeness (QED) is 0.709. The number of hydrogen-bond donors (Lipinski definition) is 2. The molecule has 0 radical (unpaired) electrons. The van der Waals surface area contributed by atoms with Gasteiger partial charge >= 0.3 is 0 Å². The number of sulfonamides is 1. The number of carbonyl (C=O) groups is 1. The Hall–Kier alpha value is -2.58. The number of nitrogens with zero attached hydrogens (tertiary/aromatic N) is 1. The van der Waals surface area contributed by atoms with Crippen LogP contribution >= 0.6 is 0 Å². The van der Waals surface area contributed by atoms with E-state index in [1.54, 1.807) is 32.0 Å². The van der Waals surface area contributed by atoms with E-state index >= 15 is 0 Å². The Labute approximate surface area is 177 Å². The molecule has 2 aromatic rings. The third kappa shape index (κ3) is 3.77. The van der Waals surface area contributed by atoms with E-state index in [-0.39, 0.29) is 16.5 Å². The zero-order valence-corrected chi connectivity index (χ0v) is 18.1. The summed E-state index contributed by atoms with van der Waals surface area (Å²) in [5.41, 5.74) is 1.24. The number of nitrogens with one attached hydrogen (secondary N) is 2. The number of ether oxygens (including phenoxy) is 1. The second-order valence-corrected chi connectivity index (χ2v) is 9.52. The van der Waals surface area contributed by atoms with Crippen LogP contribution in [0.1, 0.15) is 49.9 Å². The molecule has 0 aromatic heterocycles. The Morgan fingerprint density at radius 2 is 1.80 bits per heavy atom.